The molecular weight excluding hydrogens is 346 g/mol. The first-order chi connectivity index (χ1) is 10.2. The average Bonchev–Trinajstić information content (AvgIpc) is 2.88. The first kappa shape index (κ1) is 16.6. The highest BCUT2D eigenvalue weighted by atomic mass is 79.9. The number of thioether (sulfide) groups is 1. The van der Waals surface area contributed by atoms with Crippen LogP contribution in [0.15, 0.2) is 46.0 Å². The Morgan fingerprint density at radius 2 is 2.29 bits per heavy atom. The lowest BCUT2D eigenvalue weighted by atomic mass is 10.1. The van der Waals surface area contributed by atoms with Crippen LogP contribution in [0.2, 0.25) is 0 Å². The smallest absolute Gasteiger partial charge is 0.0521 e. The minimum Gasteiger partial charge on any atom is -0.313 e. The highest BCUT2D eigenvalue weighted by molar-refractivity contribution is 9.10. The molecule has 1 unspecified atom stereocenters. The molecule has 1 heterocycles. The lowest BCUT2D eigenvalue weighted by Gasteiger charge is -2.17. The minimum absolute atomic E-state index is 0.527. The zero-order chi connectivity index (χ0) is 15.1. The van der Waals surface area contributed by atoms with Crippen molar-refractivity contribution in [2.75, 3.05) is 12.3 Å². The van der Waals surface area contributed by atoms with Crippen molar-refractivity contribution in [3.8, 4) is 0 Å². The molecule has 0 saturated carbocycles. The van der Waals surface area contributed by atoms with E-state index in [1.165, 1.54) is 10.5 Å². The van der Waals surface area contributed by atoms with E-state index < -0.39 is 0 Å². The van der Waals surface area contributed by atoms with Gasteiger partial charge in [0.25, 0.3) is 0 Å². The fourth-order valence-corrected chi connectivity index (χ4v) is 3.84. The van der Waals surface area contributed by atoms with E-state index in [1.807, 2.05) is 29.7 Å². The summed E-state index contributed by atoms with van der Waals surface area (Å²) in [5.74, 6) is 1.09. The average molecular weight is 368 g/mol. The van der Waals surface area contributed by atoms with Gasteiger partial charge in [0.1, 0.15) is 0 Å². The van der Waals surface area contributed by atoms with Gasteiger partial charge in [-0.1, -0.05) is 28.9 Å². The second kappa shape index (κ2) is 8.61. The zero-order valence-corrected chi connectivity index (χ0v) is 15.0. The molecule has 5 heteroatoms. The van der Waals surface area contributed by atoms with E-state index in [4.69, 9.17) is 0 Å². The van der Waals surface area contributed by atoms with E-state index >= 15 is 0 Å². The second-order valence-electron chi connectivity index (χ2n) is 5.08. The molecule has 1 atom stereocenters. The summed E-state index contributed by atoms with van der Waals surface area (Å²) in [6, 6.07) is 9.02. The number of rotatable bonds is 8. The lowest BCUT2D eigenvalue weighted by Crippen LogP contribution is -2.31. The van der Waals surface area contributed by atoms with Crippen LogP contribution >= 0.6 is 27.7 Å². The van der Waals surface area contributed by atoms with E-state index in [9.17, 15) is 0 Å². The molecule has 114 valence electrons. The van der Waals surface area contributed by atoms with Crippen LogP contribution in [0.5, 0.6) is 0 Å². The molecule has 0 saturated heterocycles. The Bertz CT molecular complexity index is 556. The summed E-state index contributed by atoms with van der Waals surface area (Å²) < 4.78 is 3.01. The molecule has 3 nitrogen and oxygen atoms in total. The molecule has 1 aromatic heterocycles. The first-order valence-corrected chi connectivity index (χ1v) is 9.04. The standard InChI is InChI=1S/C16H22BrN3S/c1-3-18-15(8-7-13-10-19-20(2)11-13)12-21-16-6-4-5-14(17)9-16/h4-6,9-11,15,18H,3,7-8,12H2,1-2H3. The quantitative estimate of drug-likeness (QED) is 0.717. The van der Waals surface area contributed by atoms with Crippen LogP contribution in [0, 0.1) is 0 Å². The molecule has 0 radical (unpaired) electrons. The molecule has 0 fully saturated rings. The number of aromatic nitrogens is 2. The highest BCUT2D eigenvalue weighted by Crippen LogP contribution is 2.23. The SMILES string of the molecule is CCNC(CCc1cnn(C)c1)CSc1cccc(Br)c1. The number of halogens is 1. The second-order valence-corrected chi connectivity index (χ2v) is 7.09. The molecule has 0 aliphatic carbocycles. The summed E-state index contributed by atoms with van der Waals surface area (Å²) in [7, 11) is 1.97. The molecule has 0 aliphatic heterocycles. The molecule has 2 aromatic rings. The fraction of sp³-hybridized carbons (Fsp3) is 0.438. The predicted octanol–water partition coefficient (Wildman–Crippen LogP) is 3.89. The summed E-state index contributed by atoms with van der Waals surface area (Å²) in [5.41, 5.74) is 1.31. The Hall–Kier alpha value is -0.780. The Morgan fingerprint density at radius 3 is 2.95 bits per heavy atom. The van der Waals surface area contributed by atoms with Crippen LogP contribution in [-0.2, 0) is 13.5 Å². The third-order valence-corrected chi connectivity index (χ3v) is 4.93. The van der Waals surface area contributed by atoms with Gasteiger partial charge in [-0.15, -0.1) is 11.8 Å². The molecule has 21 heavy (non-hydrogen) atoms. The summed E-state index contributed by atoms with van der Waals surface area (Å²) in [6.07, 6.45) is 6.28. The Morgan fingerprint density at radius 1 is 1.43 bits per heavy atom. The van der Waals surface area contributed by atoms with Crippen molar-refractivity contribution in [3.63, 3.8) is 0 Å². The maximum Gasteiger partial charge on any atom is 0.0521 e. The Kier molecular flexibility index (Phi) is 6.80. The van der Waals surface area contributed by atoms with Gasteiger partial charge in [-0.25, -0.2) is 0 Å². The Balaban J connectivity index is 1.83. The summed E-state index contributed by atoms with van der Waals surface area (Å²) in [4.78, 5) is 1.31. The molecule has 1 N–H and O–H groups in total. The van der Waals surface area contributed by atoms with Gasteiger partial charge in [-0.2, -0.15) is 5.10 Å². The molecule has 1 aromatic carbocycles. The third-order valence-electron chi connectivity index (χ3n) is 3.28. The first-order valence-electron chi connectivity index (χ1n) is 7.26. The monoisotopic (exact) mass is 367 g/mol. The summed E-state index contributed by atoms with van der Waals surface area (Å²) in [5, 5.41) is 7.81. The van der Waals surface area contributed by atoms with Crippen LogP contribution in [0.25, 0.3) is 0 Å². The molecule has 0 spiro atoms. The summed E-state index contributed by atoms with van der Waals surface area (Å²) in [6.45, 7) is 3.18. The topological polar surface area (TPSA) is 29.9 Å². The van der Waals surface area contributed by atoms with Gasteiger partial charge in [-0.3, -0.25) is 4.68 Å². The zero-order valence-electron chi connectivity index (χ0n) is 12.6. The fourth-order valence-electron chi connectivity index (χ4n) is 2.23. The van der Waals surface area contributed by atoms with Gasteiger partial charge in [0.05, 0.1) is 6.20 Å². The van der Waals surface area contributed by atoms with Gasteiger partial charge < -0.3 is 5.32 Å². The number of aryl methyl sites for hydroxylation is 2. The Labute approximate surface area is 139 Å². The third kappa shape index (κ3) is 5.85. The van der Waals surface area contributed by atoms with Crippen LogP contribution in [0.3, 0.4) is 0 Å². The van der Waals surface area contributed by atoms with Crippen LogP contribution in [-0.4, -0.2) is 28.1 Å². The minimum atomic E-state index is 0.527. The van der Waals surface area contributed by atoms with Crippen molar-refractivity contribution in [2.45, 2.75) is 30.7 Å². The van der Waals surface area contributed by atoms with Crippen molar-refractivity contribution in [1.82, 2.24) is 15.1 Å². The maximum absolute atomic E-state index is 4.23. The largest absolute Gasteiger partial charge is 0.313 e. The molecule has 0 aliphatic rings. The van der Waals surface area contributed by atoms with Crippen molar-refractivity contribution < 1.29 is 0 Å². The van der Waals surface area contributed by atoms with E-state index in [2.05, 4.69) is 63.7 Å². The molecule has 0 bridgehead atoms. The van der Waals surface area contributed by atoms with Crippen LogP contribution in [0.4, 0.5) is 0 Å². The van der Waals surface area contributed by atoms with Crippen molar-refractivity contribution in [1.29, 1.82) is 0 Å². The molecular formula is C16H22BrN3S. The number of benzene rings is 1. The normalized spacial score (nSPS) is 12.5. The van der Waals surface area contributed by atoms with Crippen molar-refractivity contribution in [2.24, 2.45) is 7.05 Å². The lowest BCUT2D eigenvalue weighted by molar-refractivity contribution is 0.537. The van der Waals surface area contributed by atoms with E-state index in [0.717, 1.165) is 29.6 Å². The molecule has 2 rings (SSSR count). The van der Waals surface area contributed by atoms with E-state index in [1.54, 1.807) is 0 Å². The van der Waals surface area contributed by atoms with Gasteiger partial charge in [0.2, 0.25) is 0 Å². The van der Waals surface area contributed by atoms with Crippen LogP contribution < -0.4 is 5.32 Å². The summed E-state index contributed by atoms with van der Waals surface area (Å²) >= 11 is 5.43. The predicted molar refractivity (Wildman–Crippen MR) is 93.9 cm³/mol. The van der Waals surface area contributed by atoms with Gasteiger partial charge in [-0.05, 0) is 43.1 Å². The van der Waals surface area contributed by atoms with Gasteiger partial charge >= 0.3 is 0 Å². The molecule has 0 amide bonds. The number of hydrogen-bond acceptors (Lipinski definition) is 3. The highest BCUT2D eigenvalue weighted by Gasteiger charge is 2.09. The number of nitrogens with one attached hydrogen (secondary N) is 1. The number of hydrogen-bond donors (Lipinski definition) is 1. The van der Waals surface area contributed by atoms with E-state index in [0.29, 0.717) is 6.04 Å². The van der Waals surface area contributed by atoms with Crippen molar-refractivity contribution >= 4 is 27.7 Å². The van der Waals surface area contributed by atoms with Crippen molar-refractivity contribution in [3.05, 3.63) is 46.7 Å². The van der Waals surface area contributed by atoms with Gasteiger partial charge in [0.15, 0.2) is 0 Å². The number of nitrogens with zero attached hydrogens (tertiary/aromatic N) is 2. The van der Waals surface area contributed by atoms with Gasteiger partial charge in [0, 0.05) is 34.4 Å². The van der Waals surface area contributed by atoms with E-state index in [-0.39, 0.29) is 0 Å². The maximum atomic E-state index is 4.23. The van der Waals surface area contributed by atoms with Crippen LogP contribution in [0.1, 0.15) is 18.9 Å².